The summed E-state index contributed by atoms with van der Waals surface area (Å²) in [4.78, 5) is 16.7. The molecule has 0 atom stereocenters. The standard InChI is InChI=1S/C18H13ClF4N4O2/c19-14-7-15(27-16(25-14)13(8-24-27)9-2-1-3-9)26(17(28)29)12-5-10(18(21,22)23)4-11(20)6-12/h4-9H,1-3H2,(H,28,29). The Bertz CT molecular complexity index is 1110. The first-order valence-corrected chi connectivity index (χ1v) is 8.98. The molecule has 0 saturated heterocycles. The molecule has 0 aliphatic heterocycles. The van der Waals surface area contributed by atoms with Crippen LogP contribution >= 0.6 is 11.6 Å². The van der Waals surface area contributed by atoms with Crippen LogP contribution in [0.3, 0.4) is 0 Å². The van der Waals surface area contributed by atoms with Gasteiger partial charge < -0.3 is 5.11 Å². The molecule has 3 aromatic rings. The molecule has 1 aromatic carbocycles. The van der Waals surface area contributed by atoms with Crippen molar-refractivity contribution in [1.82, 2.24) is 14.6 Å². The molecule has 0 bridgehead atoms. The zero-order valence-corrected chi connectivity index (χ0v) is 15.4. The molecule has 1 amide bonds. The second kappa shape index (κ2) is 6.87. The first kappa shape index (κ1) is 19.4. The fourth-order valence-electron chi connectivity index (χ4n) is 3.31. The van der Waals surface area contributed by atoms with E-state index in [0.29, 0.717) is 28.7 Å². The average Bonchev–Trinajstić information content (AvgIpc) is 2.95. The van der Waals surface area contributed by atoms with E-state index in [1.54, 1.807) is 6.20 Å². The van der Waals surface area contributed by atoms with E-state index in [0.717, 1.165) is 30.9 Å². The van der Waals surface area contributed by atoms with Crippen LogP contribution in [-0.4, -0.2) is 25.8 Å². The Kier molecular flexibility index (Phi) is 4.60. The number of hydrogen-bond acceptors (Lipinski definition) is 3. The quantitative estimate of drug-likeness (QED) is 0.434. The average molecular weight is 429 g/mol. The molecule has 0 radical (unpaired) electrons. The zero-order valence-electron chi connectivity index (χ0n) is 14.6. The number of hydrogen-bond donors (Lipinski definition) is 1. The maximum Gasteiger partial charge on any atom is 0.417 e. The van der Waals surface area contributed by atoms with Crippen LogP contribution in [0.2, 0.25) is 5.15 Å². The molecule has 1 aliphatic rings. The maximum atomic E-state index is 13.9. The first-order chi connectivity index (χ1) is 13.6. The number of nitrogens with zero attached hydrogens (tertiary/aromatic N) is 4. The van der Waals surface area contributed by atoms with Gasteiger partial charge in [-0.15, -0.1) is 0 Å². The summed E-state index contributed by atoms with van der Waals surface area (Å²) in [6, 6.07) is 2.69. The molecule has 29 heavy (non-hydrogen) atoms. The third kappa shape index (κ3) is 3.48. The minimum Gasteiger partial charge on any atom is -0.464 e. The van der Waals surface area contributed by atoms with Crippen LogP contribution in [0.4, 0.5) is 33.9 Å². The Labute approximate surface area is 166 Å². The Morgan fingerprint density at radius 3 is 2.55 bits per heavy atom. The lowest BCUT2D eigenvalue weighted by Crippen LogP contribution is -2.27. The Hall–Kier alpha value is -2.88. The van der Waals surface area contributed by atoms with Crippen molar-refractivity contribution in [2.75, 3.05) is 4.90 Å². The number of benzene rings is 1. The Morgan fingerprint density at radius 2 is 1.97 bits per heavy atom. The molecular weight excluding hydrogens is 416 g/mol. The van der Waals surface area contributed by atoms with Gasteiger partial charge in [-0.1, -0.05) is 18.0 Å². The molecule has 1 aliphatic carbocycles. The summed E-state index contributed by atoms with van der Waals surface area (Å²) in [5.74, 6) is -1.19. The number of halogens is 5. The number of anilines is 2. The van der Waals surface area contributed by atoms with Crippen molar-refractivity contribution in [3.63, 3.8) is 0 Å². The summed E-state index contributed by atoms with van der Waals surface area (Å²) in [7, 11) is 0. The molecule has 2 heterocycles. The molecule has 4 rings (SSSR count). The number of carbonyl (C=O) groups is 1. The highest BCUT2D eigenvalue weighted by molar-refractivity contribution is 6.29. The molecule has 1 saturated carbocycles. The molecule has 2 aromatic heterocycles. The molecule has 152 valence electrons. The van der Waals surface area contributed by atoms with Crippen molar-refractivity contribution in [2.24, 2.45) is 0 Å². The van der Waals surface area contributed by atoms with E-state index in [2.05, 4.69) is 10.1 Å². The highest BCUT2D eigenvalue weighted by Crippen LogP contribution is 2.40. The van der Waals surface area contributed by atoms with Crippen LogP contribution in [0.25, 0.3) is 5.65 Å². The lowest BCUT2D eigenvalue weighted by atomic mass is 9.81. The number of aromatic nitrogens is 3. The molecule has 1 N–H and O–H groups in total. The van der Waals surface area contributed by atoms with Crippen molar-refractivity contribution >= 4 is 34.8 Å². The van der Waals surface area contributed by atoms with Gasteiger partial charge in [-0.25, -0.2) is 19.1 Å². The van der Waals surface area contributed by atoms with Gasteiger partial charge in [-0.05, 0) is 37.0 Å². The smallest absolute Gasteiger partial charge is 0.417 e. The fraction of sp³-hybridized carbons (Fsp3) is 0.278. The van der Waals surface area contributed by atoms with Gasteiger partial charge in [-0.2, -0.15) is 22.8 Å². The van der Waals surface area contributed by atoms with E-state index >= 15 is 0 Å². The molecule has 1 fully saturated rings. The van der Waals surface area contributed by atoms with Crippen LogP contribution in [0.5, 0.6) is 0 Å². The zero-order chi connectivity index (χ0) is 20.9. The topological polar surface area (TPSA) is 70.7 Å². The second-order valence-corrected chi connectivity index (χ2v) is 7.10. The van der Waals surface area contributed by atoms with E-state index in [9.17, 15) is 27.5 Å². The minimum atomic E-state index is -4.85. The molecule has 0 spiro atoms. The molecular formula is C18H13ClF4N4O2. The van der Waals surface area contributed by atoms with Gasteiger partial charge in [0.05, 0.1) is 17.4 Å². The van der Waals surface area contributed by atoms with E-state index in [1.807, 2.05) is 0 Å². The summed E-state index contributed by atoms with van der Waals surface area (Å²) >= 11 is 6.06. The summed E-state index contributed by atoms with van der Waals surface area (Å²) < 4.78 is 54.3. The number of rotatable bonds is 3. The summed E-state index contributed by atoms with van der Waals surface area (Å²) in [5, 5.41) is 13.8. The number of fused-ring (bicyclic) bond motifs is 1. The Morgan fingerprint density at radius 1 is 1.24 bits per heavy atom. The highest BCUT2D eigenvalue weighted by atomic mass is 35.5. The van der Waals surface area contributed by atoms with Gasteiger partial charge in [0.25, 0.3) is 0 Å². The molecule has 6 nitrogen and oxygen atoms in total. The molecule has 0 unspecified atom stereocenters. The van der Waals surface area contributed by atoms with E-state index in [4.69, 9.17) is 11.6 Å². The van der Waals surface area contributed by atoms with Gasteiger partial charge >= 0.3 is 12.3 Å². The van der Waals surface area contributed by atoms with E-state index in [1.165, 1.54) is 4.52 Å². The van der Waals surface area contributed by atoms with Crippen molar-refractivity contribution in [2.45, 2.75) is 31.4 Å². The van der Waals surface area contributed by atoms with Crippen molar-refractivity contribution in [3.05, 3.63) is 52.6 Å². The predicted molar refractivity (Wildman–Crippen MR) is 96.2 cm³/mol. The first-order valence-electron chi connectivity index (χ1n) is 8.60. The van der Waals surface area contributed by atoms with Crippen LogP contribution in [-0.2, 0) is 6.18 Å². The molecule has 11 heteroatoms. The van der Waals surface area contributed by atoms with Gasteiger partial charge in [0.1, 0.15) is 16.8 Å². The van der Waals surface area contributed by atoms with E-state index < -0.39 is 29.3 Å². The van der Waals surface area contributed by atoms with E-state index in [-0.39, 0.29) is 16.9 Å². The summed E-state index contributed by atoms with van der Waals surface area (Å²) in [6.45, 7) is 0. The fourth-order valence-corrected chi connectivity index (χ4v) is 3.49. The van der Waals surface area contributed by atoms with Crippen molar-refractivity contribution in [1.29, 1.82) is 0 Å². The largest absolute Gasteiger partial charge is 0.464 e. The van der Waals surface area contributed by atoms with Crippen molar-refractivity contribution < 1.29 is 27.5 Å². The van der Waals surface area contributed by atoms with Gasteiger partial charge in [0, 0.05) is 11.6 Å². The summed E-state index contributed by atoms with van der Waals surface area (Å²) in [6.07, 6.45) is -2.06. The monoisotopic (exact) mass is 428 g/mol. The van der Waals surface area contributed by atoms with Crippen LogP contribution in [0.15, 0.2) is 30.5 Å². The van der Waals surface area contributed by atoms with Gasteiger partial charge in [0.15, 0.2) is 5.65 Å². The highest BCUT2D eigenvalue weighted by Gasteiger charge is 2.33. The normalized spacial score (nSPS) is 14.8. The number of carboxylic acid groups (broad SMARTS) is 1. The summed E-state index contributed by atoms with van der Waals surface area (Å²) in [5.41, 5.74) is -0.753. The SMILES string of the molecule is O=C(O)N(c1cc(F)cc(C(F)(F)F)c1)c1cc(Cl)nc2c(C3CCC3)cnn12. The Balaban J connectivity index is 1.91. The van der Waals surface area contributed by atoms with Crippen LogP contribution in [0.1, 0.15) is 36.3 Å². The number of alkyl halides is 3. The van der Waals surface area contributed by atoms with Gasteiger partial charge in [-0.3, -0.25) is 0 Å². The van der Waals surface area contributed by atoms with Crippen LogP contribution in [0, 0.1) is 5.82 Å². The lowest BCUT2D eigenvalue weighted by molar-refractivity contribution is -0.137. The maximum absolute atomic E-state index is 13.9. The number of amides is 1. The lowest BCUT2D eigenvalue weighted by Gasteiger charge is -2.24. The third-order valence-electron chi connectivity index (χ3n) is 4.88. The van der Waals surface area contributed by atoms with Crippen molar-refractivity contribution in [3.8, 4) is 0 Å². The second-order valence-electron chi connectivity index (χ2n) is 6.71. The third-order valence-corrected chi connectivity index (χ3v) is 5.08. The predicted octanol–water partition coefficient (Wildman–Crippen LogP) is 5.62. The van der Waals surface area contributed by atoms with Gasteiger partial charge in [0.2, 0.25) is 0 Å². The van der Waals surface area contributed by atoms with Crippen LogP contribution < -0.4 is 4.90 Å². The minimum absolute atomic E-state index is 0.0627.